The SMILES string of the molecule is N#CC(=Cc1csc(-c2cccs2)n1)C(=O)Nc1ccccc1Cl. The van der Waals surface area contributed by atoms with Gasteiger partial charge in [0.2, 0.25) is 0 Å². The molecule has 4 nitrogen and oxygen atoms in total. The van der Waals surface area contributed by atoms with E-state index < -0.39 is 5.91 Å². The summed E-state index contributed by atoms with van der Waals surface area (Å²) in [7, 11) is 0. The summed E-state index contributed by atoms with van der Waals surface area (Å²) in [6, 6.07) is 12.7. The van der Waals surface area contributed by atoms with Crippen molar-refractivity contribution in [1.82, 2.24) is 4.98 Å². The van der Waals surface area contributed by atoms with Crippen molar-refractivity contribution < 1.29 is 4.79 Å². The number of halogens is 1. The van der Waals surface area contributed by atoms with Gasteiger partial charge in [0.25, 0.3) is 5.91 Å². The topological polar surface area (TPSA) is 65.8 Å². The number of amides is 1. The van der Waals surface area contributed by atoms with Crippen LogP contribution in [-0.2, 0) is 4.79 Å². The Hall–Kier alpha value is -2.46. The third-order valence-electron chi connectivity index (χ3n) is 3.03. The normalized spacial score (nSPS) is 11.1. The van der Waals surface area contributed by atoms with Crippen LogP contribution in [0.4, 0.5) is 5.69 Å². The highest BCUT2D eigenvalue weighted by atomic mass is 35.5. The Morgan fingerprint density at radius 3 is 2.79 bits per heavy atom. The molecule has 0 atom stereocenters. The Balaban J connectivity index is 1.81. The number of benzene rings is 1. The van der Waals surface area contributed by atoms with Gasteiger partial charge in [0, 0.05) is 5.38 Å². The molecule has 0 unspecified atom stereocenters. The summed E-state index contributed by atoms with van der Waals surface area (Å²) in [5, 5.41) is 17.0. The number of rotatable bonds is 4. The van der Waals surface area contributed by atoms with E-state index in [0.717, 1.165) is 9.88 Å². The van der Waals surface area contributed by atoms with Gasteiger partial charge in [-0.3, -0.25) is 4.79 Å². The molecule has 0 aliphatic heterocycles. The van der Waals surface area contributed by atoms with Crippen LogP contribution in [0.5, 0.6) is 0 Å². The maximum Gasteiger partial charge on any atom is 0.266 e. The van der Waals surface area contributed by atoms with Crippen LogP contribution in [0.2, 0.25) is 5.02 Å². The van der Waals surface area contributed by atoms with Crippen molar-refractivity contribution in [2.75, 3.05) is 5.32 Å². The molecule has 2 heterocycles. The zero-order chi connectivity index (χ0) is 16.9. The molecular weight excluding hydrogens is 362 g/mol. The third kappa shape index (κ3) is 3.71. The molecule has 0 spiro atoms. The highest BCUT2D eigenvalue weighted by Gasteiger charge is 2.12. The van der Waals surface area contributed by atoms with E-state index in [0.29, 0.717) is 16.4 Å². The summed E-state index contributed by atoms with van der Waals surface area (Å²) in [6.45, 7) is 0. The van der Waals surface area contributed by atoms with Gasteiger partial charge in [0.1, 0.15) is 16.6 Å². The maximum absolute atomic E-state index is 12.3. The fourth-order valence-electron chi connectivity index (χ4n) is 1.91. The molecule has 0 aliphatic carbocycles. The van der Waals surface area contributed by atoms with Gasteiger partial charge < -0.3 is 5.32 Å². The minimum absolute atomic E-state index is 0.0297. The Bertz CT molecular complexity index is 939. The van der Waals surface area contributed by atoms with E-state index >= 15 is 0 Å². The van der Waals surface area contributed by atoms with Crippen LogP contribution in [0.25, 0.3) is 16.0 Å². The number of nitrogens with one attached hydrogen (secondary N) is 1. The molecule has 7 heteroatoms. The lowest BCUT2D eigenvalue weighted by atomic mass is 10.2. The van der Waals surface area contributed by atoms with Crippen LogP contribution in [-0.4, -0.2) is 10.9 Å². The predicted octanol–water partition coefficient (Wildman–Crippen LogP) is 5.07. The van der Waals surface area contributed by atoms with Crippen molar-refractivity contribution in [3.63, 3.8) is 0 Å². The number of thiazole rings is 1. The zero-order valence-corrected chi connectivity index (χ0v) is 14.6. The minimum atomic E-state index is -0.517. The zero-order valence-electron chi connectivity index (χ0n) is 12.2. The van der Waals surface area contributed by atoms with E-state index in [1.165, 1.54) is 17.4 Å². The first kappa shape index (κ1) is 16.4. The van der Waals surface area contributed by atoms with Gasteiger partial charge in [-0.05, 0) is 29.7 Å². The van der Waals surface area contributed by atoms with Gasteiger partial charge in [-0.15, -0.1) is 22.7 Å². The molecule has 0 bridgehead atoms. The lowest BCUT2D eigenvalue weighted by molar-refractivity contribution is -0.112. The standard InChI is InChI=1S/C17H10ClN3OS2/c18-13-4-1-2-5-14(13)21-16(22)11(9-19)8-12-10-24-17(20-12)15-6-3-7-23-15/h1-8,10H,(H,21,22). The van der Waals surface area contributed by atoms with Crippen LogP contribution in [0.15, 0.2) is 52.7 Å². The van der Waals surface area contributed by atoms with Crippen LogP contribution in [0, 0.1) is 11.3 Å². The van der Waals surface area contributed by atoms with Gasteiger partial charge in [0.05, 0.1) is 21.3 Å². The fraction of sp³-hybridized carbons (Fsp3) is 0. The molecule has 24 heavy (non-hydrogen) atoms. The van der Waals surface area contributed by atoms with E-state index in [9.17, 15) is 10.1 Å². The van der Waals surface area contributed by atoms with Crippen molar-refractivity contribution in [2.24, 2.45) is 0 Å². The average molecular weight is 372 g/mol. The van der Waals surface area contributed by atoms with E-state index in [2.05, 4.69) is 10.3 Å². The van der Waals surface area contributed by atoms with Gasteiger partial charge in [-0.25, -0.2) is 4.98 Å². The van der Waals surface area contributed by atoms with Gasteiger partial charge in [0.15, 0.2) is 0 Å². The molecule has 0 fully saturated rings. The van der Waals surface area contributed by atoms with Crippen LogP contribution in [0.1, 0.15) is 5.69 Å². The lowest BCUT2D eigenvalue weighted by Crippen LogP contribution is -2.13. The lowest BCUT2D eigenvalue weighted by Gasteiger charge is -2.05. The summed E-state index contributed by atoms with van der Waals surface area (Å²) in [5.74, 6) is -0.517. The molecule has 1 N–H and O–H groups in total. The van der Waals surface area contributed by atoms with E-state index in [1.807, 2.05) is 29.0 Å². The fourth-order valence-corrected chi connectivity index (χ4v) is 3.69. The Kier molecular flexibility index (Phi) is 5.06. The molecule has 0 saturated heterocycles. The second-order valence-electron chi connectivity index (χ2n) is 4.66. The average Bonchev–Trinajstić information content (AvgIpc) is 3.25. The van der Waals surface area contributed by atoms with E-state index in [1.54, 1.807) is 35.6 Å². The second kappa shape index (κ2) is 7.41. The molecule has 0 radical (unpaired) electrons. The monoisotopic (exact) mass is 371 g/mol. The van der Waals surface area contributed by atoms with Crippen molar-refractivity contribution in [2.45, 2.75) is 0 Å². The number of para-hydroxylation sites is 1. The molecule has 0 saturated carbocycles. The molecule has 3 aromatic rings. The number of hydrogen-bond donors (Lipinski definition) is 1. The first-order chi connectivity index (χ1) is 11.7. The number of hydrogen-bond acceptors (Lipinski definition) is 5. The number of nitriles is 1. The summed E-state index contributed by atoms with van der Waals surface area (Å²) in [5.41, 5.74) is 1.01. The molecule has 2 aromatic heterocycles. The Morgan fingerprint density at radius 2 is 2.08 bits per heavy atom. The van der Waals surface area contributed by atoms with Crippen LogP contribution < -0.4 is 5.32 Å². The largest absolute Gasteiger partial charge is 0.320 e. The quantitative estimate of drug-likeness (QED) is 0.514. The second-order valence-corrected chi connectivity index (χ2v) is 6.87. The summed E-state index contributed by atoms with van der Waals surface area (Å²) in [4.78, 5) is 17.8. The minimum Gasteiger partial charge on any atom is -0.320 e. The molecule has 1 amide bonds. The summed E-state index contributed by atoms with van der Waals surface area (Å²) < 4.78 is 0. The number of aromatic nitrogens is 1. The maximum atomic E-state index is 12.3. The first-order valence-corrected chi connectivity index (χ1v) is 8.98. The number of anilines is 1. The van der Waals surface area contributed by atoms with Crippen LogP contribution in [0.3, 0.4) is 0 Å². The Labute approximate surface area is 151 Å². The number of carbonyl (C=O) groups is 1. The van der Waals surface area contributed by atoms with Crippen molar-refractivity contribution in [3.8, 4) is 16.0 Å². The van der Waals surface area contributed by atoms with Crippen LogP contribution >= 0.6 is 34.3 Å². The highest BCUT2D eigenvalue weighted by molar-refractivity contribution is 7.20. The number of nitrogens with zero attached hydrogens (tertiary/aromatic N) is 2. The molecular formula is C17H10ClN3OS2. The number of thiophene rings is 1. The van der Waals surface area contributed by atoms with Gasteiger partial charge in [-0.1, -0.05) is 29.8 Å². The van der Waals surface area contributed by atoms with Crippen molar-refractivity contribution >= 4 is 51.9 Å². The van der Waals surface area contributed by atoms with E-state index in [4.69, 9.17) is 11.6 Å². The smallest absolute Gasteiger partial charge is 0.266 e. The Morgan fingerprint density at radius 1 is 1.25 bits per heavy atom. The summed E-state index contributed by atoms with van der Waals surface area (Å²) >= 11 is 9.07. The predicted molar refractivity (Wildman–Crippen MR) is 99.1 cm³/mol. The van der Waals surface area contributed by atoms with Crippen molar-refractivity contribution in [3.05, 3.63) is 63.4 Å². The molecule has 118 valence electrons. The van der Waals surface area contributed by atoms with Crippen molar-refractivity contribution in [1.29, 1.82) is 5.26 Å². The van der Waals surface area contributed by atoms with E-state index in [-0.39, 0.29) is 5.57 Å². The number of carbonyl (C=O) groups excluding carboxylic acids is 1. The molecule has 3 rings (SSSR count). The highest BCUT2D eigenvalue weighted by Crippen LogP contribution is 2.28. The first-order valence-electron chi connectivity index (χ1n) is 6.84. The van der Waals surface area contributed by atoms with Gasteiger partial charge in [-0.2, -0.15) is 5.26 Å². The third-order valence-corrected chi connectivity index (χ3v) is 5.26. The molecule has 0 aliphatic rings. The summed E-state index contributed by atoms with van der Waals surface area (Å²) in [6.07, 6.45) is 1.47. The molecule has 1 aromatic carbocycles. The van der Waals surface area contributed by atoms with Gasteiger partial charge >= 0.3 is 0 Å².